The van der Waals surface area contributed by atoms with E-state index in [1.54, 1.807) is 6.20 Å². The zero-order chi connectivity index (χ0) is 12.0. The number of carboxylic acid groups (broad SMARTS) is 1. The van der Waals surface area contributed by atoms with Crippen LogP contribution in [-0.2, 0) is 0 Å². The van der Waals surface area contributed by atoms with Crippen LogP contribution in [-0.4, -0.2) is 37.2 Å². The molecule has 1 heterocycles. The predicted molar refractivity (Wildman–Crippen MR) is 58.1 cm³/mol. The molecular weight excluding hydrogens is 184 g/mol. The molecule has 14 heavy (non-hydrogen) atoms. The Morgan fingerprint density at radius 1 is 1.21 bits per heavy atom. The summed E-state index contributed by atoms with van der Waals surface area (Å²) in [5.74, 6) is -0.897. The fourth-order valence-electron chi connectivity index (χ4n) is 0.457. The number of aromatic carboxylic acids is 1. The van der Waals surface area contributed by atoms with Gasteiger partial charge in [0.15, 0.2) is 0 Å². The van der Waals surface area contributed by atoms with Crippen LogP contribution in [0.1, 0.15) is 10.4 Å². The van der Waals surface area contributed by atoms with Crippen molar-refractivity contribution in [3.8, 4) is 0 Å². The van der Waals surface area contributed by atoms with E-state index in [4.69, 9.17) is 5.11 Å². The van der Waals surface area contributed by atoms with Gasteiger partial charge in [-0.25, -0.2) is 4.79 Å². The van der Waals surface area contributed by atoms with Crippen molar-refractivity contribution < 1.29 is 9.90 Å². The molecule has 0 aliphatic rings. The van der Waals surface area contributed by atoms with Gasteiger partial charge in [-0.05, 0) is 27.2 Å². The summed E-state index contributed by atoms with van der Waals surface area (Å²) in [5.41, 5.74) is 13.8. The molecule has 0 fully saturated rings. The zero-order valence-electron chi connectivity index (χ0n) is 8.82. The third-order valence-corrected chi connectivity index (χ3v) is 0.845. The Kier molecular flexibility index (Phi) is 23.2. The first kappa shape index (κ1) is 18.4. The molecule has 0 amide bonds. The lowest BCUT2D eigenvalue weighted by molar-refractivity contribution is 0.0697. The SMILES string of the molecule is CN.CN.CN.O=C(O)c1cc[nH]c1. The summed E-state index contributed by atoms with van der Waals surface area (Å²) in [4.78, 5) is 12.7. The van der Waals surface area contributed by atoms with Crippen molar-refractivity contribution in [1.82, 2.24) is 4.98 Å². The molecule has 0 radical (unpaired) electrons. The van der Waals surface area contributed by atoms with Gasteiger partial charge in [0, 0.05) is 12.4 Å². The van der Waals surface area contributed by atoms with Gasteiger partial charge < -0.3 is 27.3 Å². The van der Waals surface area contributed by atoms with Crippen molar-refractivity contribution in [2.45, 2.75) is 0 Å². The van der Waals surface area contributed by atoms with E-state index in [2.05, 4.69) is 22.2 Å². The zero-order valence-corrected chi connectivity index (χ0v) is 8.82. The number of carboxylic acids is 1. The van der Waals surface area contributed by atoms with E-state index in [9.17, 15) is 4.79 Å². The minimum absolute atomic E-state index is 0.296. The quantitative estimate of drug-likeness (QED) is 0.418. The molecule has 0 bridgehead atoms. The van der Waals surface area contributed by atoms with E-state index in [1.807, 2.05) is 0 Å². The third kappa shape index (κ3) is 10.6. The van der Waals surface area contributed by atoms with Crippen LogP contribution in [0.25, 0.3) is 0 Å². The summed E-state index contributed by atoms with van der Waals surface area (Å²) in [5, 5.41) is 8.25. The van der Waals surface area contributed by atoms with Crippen molar-refractivity contribution >= 4 is 5.97 Å². The van der Waals surface area contributed by atoms with Crippen LogP contribution in [0.4, 0.5) is 0 Å². The molecule has 0 aromatic carbocycles. The molecule has 0 aliphatic carbocycles. The van der Waals surface area contributed by atoms with Crippen LogP contribution in [0.15, 0.2) is 18.5 Å². The summed E-state index contributed by atoms with van der Waals surface area (Å²) in [6.45, 7) is 0. The monoisotopic (exact) mass is 204 g/mol. The average molecular weight is 204 g/mol. The summed E-state index contributed by atoms with van der Waals surface area (Å²) in [7, 11) is 4.50. The van der Waals surface area contributed by atoms with Gasteiger partial charge in [-0.2, -0.15) is 0 Å². The normalized spacial score (nSPS) is 6.43. The Hall–Kier alpha value is -1.37. The van der Waals surface area contributed by atoms with Gasteiger partial charge in [0.1, 0.15) is 0 Å². The van der Waals surface area contributed by atoms with Crippen molar-refractivity contribution in [2.75, 3.05) is 21.1 Å². The Labute approximate surface area is 84.1 Å². The maximum absolute atomic E-state index is 10.0. The van der Waals surface area contributed by atoms with Crippen molar-refractivity contribution in [1.29, 1.82) is 0 Å². The Morgan fingerprint density at radius 2 is 1.64 bits per heavy atom. The minimum Gasteiger partial charge on any atom is -0.478 e. The van der Waals surface area contributed by atoms with Gasteiger partial charge in [-0.15, -0.1) is 0 Å². The topological polar surface area (TPSA) is 131 Å². The number of aromatic nitrogens is 1. The standard InChI is InChI=1S/C5H5NO2.3CH5N/c7-5(8)4-1-2-6-3-4;3*1-2/h1-3,6H,(H,7,8);3*2H2,1H3. The molecule has 0 saturated carbocycles. The predicted octanol–water partition coefficient (Wildman–Crippen LogP) is -0.562. The second-order valence-corrected chi connectivity index (χ2v) is 1.40. The smallest absolute Gasteiger partial charge is 0.337 e. The number of aromatic amines is 1. The largest absolute Gasteiger partial charge is 0.478 e. The maximum Gasteiger partial charge on any atom is 0.337 e. The first-order valence-corrected chi connectivity index (χ1v) is 3.90. The Bertz CT molecular complexity index is 187. The minimum atomic E-state index is -0.897. The van der Waals surface area contributed by atoms with Crippen molar-refractivity contribution in [2.24, 2.45) is 17.2 Å². The third-order valence-electron chi connectivity index (χ3n) is 0.845. The molecular formula is C8H20N4O2. The number of hydrogen-bond acceptors (Lipinski definition) is 4. The number of carbonyl (C=O) groups is 1. The van der Waals surface area contributed by atoms with Crippen LogP contribution in [0.5, 0.6) is 0 Å². The van der Waals surface area contributed by atoms with E-state index in [0.29, 0.717) is 5.56 Å². The fraction of sp³-hybridized carbons (Fsp3) is 0.375. The highest BCUT2D eigenvalue weighted by Gasteiger charge is 1.98. The number of rotatable bonds is 1. The molecule has 1 aromatic heterocycles. The molecule has 8 N–H and O–H groups in total. The molecule has 0 unspecified atom stereocenters. The lowest BCUT2D eigenvalue weighted by Gasteiger charge is -1.78. The Morgan fingerprint density at radius 3 is 1.79 bits per heavy atom. The number of hydrogen-bond donors (Lipinski definition) is 5. The highest BCUT2D eigenvalue weighted by atomic mass is 16.4. The lowest BCUT2D eigenvalue weighted by atomic mass is 10.4. The van der Waals surface area contributed by atoms with E-state index >= 15 is 0 Å². The number of H-pyrrole nitrogens is 1. The first-order chi connectivity index (χ1) is 6.80. The lowest BCUT2D eigenvalue weighted by Crippen LogP contribution is -1.91. The highest BCUT2D eigenvalue weighted by molar-refractivity contribution is 5.87. The van der Waals surface area contributed by atoms with Gasteiger partial charge in [0.2, 0.25) is 0 Å². The highest BCUT2D eigenvalue weighted by Crippen LogP contribution is 1.93. The van der Waals surface area contributed by atoms with Crippen LogP contribution < -0.4 is 17.2 Å². The Balaban J connectivity index is -0.000000174. The van der Waals surface area contributed by atoms with Gasteiger partial charge in [0.05, 0.1) is 5.56 Å². The first-order valence-electron chi connectivity index (χ1n) is 3.90. The fourth-order valence-corrected chi connectivity index (χ4v) is 0.457. The maximum atomic E-state index is 10.0. The molecule has 84 valence electrons. The second-order valence-electron chi connectivity index (χ2n) is 1.40. The molecule has 1 aromatic rings. The summed E-state index contributed by atoms with van der Waals surface area (Å²) < 4.78 is 0. The second kappa shape index (κ2) is 17.6. The van der Waals surface area contributed by atoms with Crippen LogP contribution >= 0.6 is 0 Å². The number of nitrogens with one attached hydrogen (secondary N) is 1. The molecule has 0 aliphatic heterocycles. The van der Waals surface area contributed by atoms with Crippen LogP contribution in [0, 0.1) is 0 Å². The molecule has 0 spiro atoms. The van der Waals surface area contributed by atoms with Gasteiger partial charge in [-0.1, -0.05) is 0 Å². The molecule has 6 heteroatoms. The number of nitrogens with two attached hydrogens (primary N) is 3. The summed E-state index contributed by atoms with van der Waals surface area (Å²) in [6.07, 6.45) is 3.01. The summed E-state index contributed by atoms with van der Waals surface area (Å²) in [6, 6.07) is 1.50. The van der Waals surface area contributed by atoms with E-state index in [0.717, 1.165) is 0 Å². The van der Waals surface area contributed by atoms with Crippen LogP contribution in [0.3, 0.4) is 0 Å². The van der Waals surface area contributed by atoms with Crippen LogP contribution in [0.2, 0.25) is 0 Å². The average Bonchev–Trinajstić information content (AvgIpc) is 2.80. The van der Waals surface area contributed by atoms with E-state index in [1.165, 1.54) is 33.4 Å². The van der Waals surface area contributed by atoms with Gasteiger partial charge in [0.25, 0.3) is 0 Å². The molecule has 0 saturated heterocycles. The van der Waals surface area contributed by atoms with Crippen molar-refractivity contribution in [3.63, 3.8) is 0 Å². The molecule has 0 atom stereocenters. The molecule has 1 rings (SSSR count). The van der Waals surface area contributed by atoms with Crippen molar-refractivity contribution in [3.05, 3.63) is 24.0 Å². The van der Waals surface area contributed by atoms with E-state index < -0.39 is 5.97 Å². The van der Waals surface area contributed by atoms with Gasteiger partial charge in [-0.3, -0.25) is 0 Å². The summed E-state index contributed by atoms with van der Waals surface area (Å²) >= 11 is 0. The molecule has 6 nitrogen and oxygen atoms in total. The van der Waals surface area contributed by atoms with Gasteiger partial charge >= 0.3 is 5.97 Å². The van der Waals surface area contributed by atoms with E-state index in [-0.39, 0.29) is 0 Å².